The molecular formula is C17H27ClN2. The van der Waals surface area contributed by atoms with E-state index < -0.39 is 0 Å². The van der Waals surface area contributed by atoms with E-state index in [2.05, 4.69) is 43.1 Å². The van der Waals surface area contributed by atoms with Crippen molar-refractivity contribution in [1.82, 2.24) is 10.2 Å². The molecule has 112 valence electrons. The Labute approximate surface area is 128 Å². The van der Waals surface area contributed by atoms with Crippen LogP contribution in [0.5, 0.6) is 0 Å². The molecule has 0 spiro atoms. The molecular weight excluding hydrogens is 268 g/mol. The summed E-state index contributed by atoms with van der Waals surface area (Å²) in [4.78, 5) is 2.60. The third-order valence-electron chi connectivity index (χ3n) is 4.49. The Morgan fingerprint density at radius 2 is 2.05 bits per heavy atom. The predicted molar refractivity (Wildman–Crippen MR) is 87.3 cm³/mol. The normalized spacial score (nSPS) is 25.6. The first-order valence-electron chi connectivity index (χ1n) is 7.84. The van der Waals surface area contributed by atoms with Crippen LogP contribution in [0.3, 0.4) is 0 Å². The Bertz CT molecular complexity index is 404. The molecule has 1 fully saturated rings. The maximum atomic E-state index is 5.97. The van der Waals surface area contributed by atoms with Gasteiger partial charge in [-0.15, -0.1) is 0 Å². The number of likely N-dealkylation sites (tertiary alicyclic amines) is 1. The van der Waals surface area contributed by atoms with Crippen LogP contribution in [-0.4, -0.2) is 30.6 Å². The molecule has 1 heterocycles. The van der Waals surface area contributed by atoms with E-state index in [9.17, 15) is 0 Å². The van der Waals surface area contributed by atoms with E-state index in [1.807, 2.05) is 12.1 Å². The molecule has 1 aromatic rings. The lowest BCUT2D eigenvalue weighted by Crippen LogP contribution is -2.49. The maximum Gasteiger partial charge on any atom is 0.0406 e. The monoisotopic (exact) mass is 294 g/mol. The van der Waals surface area contributed by atoms with Gasteiger partial charge in [-0.1, -0.05) is 37.6 Å². The molecule has 1 saturated heterocycles. The molecule has 0 saturated carbocycles. The Hall–Kier alpha value is -0.570. The van der Waals surface area contributed by atoms with E-state index in [1.54, 1.807) is 0 Å². The summed E-state index contributed by atoms with van der Waals surface area (Å²) in [5.41, 5.74) is 1.36. The number of nitrogens with one attached hydrogen (secondary N) is 1. The number of rotatable bonds is 5. The summed E-state index contributed by atoms with van der Waals surface area (Å²) in [5, 5.41) is 4.50. The Kier molecular flexibility index (Phi) is 5.88. The summed E-state index contributed by atoms with van der Waals surface area (Å²) in [6, 6.07) is 9.45. The molecule has 1 N–H and O–H groups in total. The average Bonchev–Trinajstić information content (AvgIpc) is 2.46. The Balaban J connectivity index is 1.93. The van der Waals surface area contributed by atoms with Gasteiger partial charge in [0.2, 0.25) is 0 Å². The molecule has 0 radical (unpaired) electrons. The first-order chi connectivity index (χ1) is 9.61. The van der Waals surface area contributed by atoms with Crippen molar-refractivity contribution in [3.05, 3.63) is 34.9 Å². The highest BCUT2D eigenvalue weighted by Gasteiger charge is 2.28. The quantitative estimate of drug-likeness (QED) is 0.879. The molecule has 1 aliphatic heterocycles. The van der Waals surface area contributed by atoms with Crippen LogP contribution in [0.4, 0.5) is 0 Å². The minimum absolute atomic E-state index is 0.474. The number of piperidine rings is 1. The lowest BCUT2D eigenvalue weighted by molar-refractivity contribution is 0.111. The highest BCUT2D eigenvalue weighted by molar-refractivity contribution is 6.30. The van der Waals surface area contributed by atoms with Gasteiger partial charge in [-0.25, -0.2) is 0 Å². The summed E-state index contributed by atoms with van der Waals surface area (Å²) in [6.45, 7) is 10.4. The van der Waals surface area contributed by atoms with Gasteiger partial charge in [0.15, 0.2) is 0 Å². The maximum absolute atomic E-state index is 5.97. The molecule has 2 nitrogen and oxygen atoms in total. The molecule has 3 heteroatoms. The number of hydrogen-bond acceptors (Lipinski definition) is 2. The van der Waals surface area contributed by atoms with E-state index >= 15 is 0 Å². The van der Waals surface area contributed by atoms with Crippen molar-refractivity contribution in [2.75, 3.05) is 19.6 Å². The van der Waals surface area contributed by atoms with E-state index in [1.165, 1.54) is 31.5 Å². The van der Waals surface area contributed by atoms with Crippen molar-refractivity contribution in [2.24, 2.45) is 5.92 Å². The summed E-state index contributed by atoms with van der Waals surface area (Å²) in [6.07, 6.45) is 2.47. The predicted octanol–water partition coefficient (Wildman–Crippen LogP) is 4.11. The number of benzene rings is 1. The van der Waals surface area contributed by atoms with Gasteiger partial charge < -0.3 is 5.32 Å². The fourth-order valence-corrected chi connectivity index (χ4v) is 3.24. The first kappa shape index (κ1) is 15.8. The summed E-state index contributed by atoms with van der Waals surface area (Å²) >= 11 is 5.97. The summed E-state index contributed by atoms with van der Waals surface area (Å²) < 4.78 is 0. The molecule has 0 amide bonds. The Morgan fingerprint density at radius 3 is 2.65 bits per heavy atom. The van der Waals surface area contributed by atoms with E-state index in [4.69, 9.17) is 11.6 Å². The molecule has 0 bridgehead atoms. The lowest BCUT2D eigenvalue weighted by Gasteiger charge is -2.40. The molecule has 20 heavy (non-hydrogen) atoms. The van der Waals surface area contributed by atoms with Crippen LogP contribution in [0.25, 0.3) is 0 Å². The number of nitrogens with zero attached hydrogens (tertiary/aromatic N) is 1. The van der Waals surface area contributed by atoms with Gasteiger partial charge in [-0.3, -0.25) is 4.90 Å². The van der Waals surface area contributed by atoms with E-state index in [0.717, 1.165) is 11.6 Å². The first-order valence-corrected chi connectivity index (χ1v) is 8.22. The molecule has 3 unspecified atom stereocenters. The van der Waals surface area contributed by atoms with Gasteiger partial charge in [-0.2, -0.15) is 0 Å². The van der Waals surface area contributed by atoms with Crippen molar-refractivity contribution < 1.29 is 0 Å². The molecule has 0 aliphatic carbocycles. The second-order valence-corrected chi connectivity index (χ2v) is 6.49. The smallest absolute Gasteiger partial charge is 0.0406 e. The standard InChI is InChI=1S/C17H27ClN2/c1-4-10-19-17-9-11-20(12-13(17)2)14(3)15-5-7-16(18)8-6-15/h5-8,13-14,17,19H,4,9-12H2,1-3H3. The van der Waals surface area contributed by atoms with Crippen LogP contribution in [0, 0.1) is 5.92 Å². The highest BCUT2D eigenvalue weighted by atomic mass is 35.5. The third kappa shape index (κ3) is 3.97. The second kappa shape index (κ2) is 7.44. The summed E-state index contributed by atoms with van der Waals surface area (Å²) in [7, 11) is 0. The van der Waals surface area contributed by atoms with Crippen molar-refractivity contribution in [3.63, 3.8) is 0 Å². The molecule has 0 aromatic heterocycles. The molecule has 1 aliphatic rings. The number of halogens is 1. The van der Waals surface area contributed by atoms with Crippen LogP contribution in [0.2, 0.25) is 5.02 Å². The topological polar surface area (TPSA) is 15.3 Å². The van der Waals surface area contributed by atoms with E-state index in [-0.39, 0.29) is 0 Å². The van der Waals surface area contributed by atoms with Gasteiger partial charge in [0.05, 0.1) is 0 Å². The van der Waals surface area contributed by atoms with Crippen LogP contribution in [-0.2, 0) is 0 Å². The summed E-state index contributed by atoms with van der Waals surface area (Å²) in [5.74, 6) is 0.713. The lowest BCUT2D eigenvalue weighted by atomic mass is 9.91. The highest BCUT2D eigenvalue weighted by Crippen LogP contribution is 2.27. The van der Waals surface area contributed by atoms with Crippen molar-refractivity contribution in [2.45, 2.75) is 45.7 Å². The Morgan fingerprint density at radius 1 is 1.35 bits per heavy atom. The average molecular weight is 295 g/mol. The van der Waals surface area contributed by atoms with Crippen molar-refractivity contribution in [3.8, 4) is 0 Å². The van der Waals surface area contributed by atoms with Gasteiger partial charge in [0, 0.05) is 30.2 Å². The zero-order valence-electron chi connectivity index (χ0n) is 12.9. The molecule has 2 rings (SSSR count). The van der Waals surface area contributed by atoms with Gasteiger partial charge >= 0.3 is 0 Å². The SMILES string of the molecule is CCCNC1CCN(C(C)c2ccc(Cl)cc2)CC1C. The molecule has 3 atom stereocenters. The fraction of sp³-hybridized carbons (Fsp3) is 0.647. The van der Waals surface area contributed by atoms with Crippen LogP contribution >= 0.6 is 11.6 Å². The number of hydrogen-bond donors (Lipinski definition) is 1. The van der Waals surface area contributed by atoms with Gasteiger partial charge in [0.1, 0.15) is 0 Å². The van der Waals surface area contributed by atoms with Gasteiger partial charge in [-0.05, 0) is 49.9 Å². The third-order valence-corrected chi connectivity index (χ3v) is 4.75. The van der Waals surface area contributed by atoms with Gasteiger partial charge in [0.25, 0.3) is 0 Å². The van der Waals surface area contributed by atoms with Crippen LogP contribution in [0.15, 0.2) is 24.3 Å². The zero-order chi connectivity index (χ0) is 14.5. The van der Waals surface area contributed by atoms with E-state index in [0.29, 0.717) is 18.0 Å². The minimum Gasteiger partial charge on any atom is -0.314 e. The zero-order valence-corrected chi connectivity index (χ0v) is 13.7. The fourth-order valence-electron chi connectivity index (χ4n) is 3.11. The molecule has 1 aromatic carbocycles. The van der Waals surface area contributed by atoms with Crippen LogP contribution in [0.1, 0.15) is 45.2 Å². The second-order valence-electron chi connectivity index (χ2n) is 6.05. The minimum atomic E-state index is 0.474. The van der Waals surface area contributed by atoms with Crippen molar-refractivity contribution in [1.29, 1.82) is 0 Å². The van der Waals surface area contributed by atoms with Crippen molar-refractivity contribution >= 4 is 11.6 Å². The van der Waals surface area contributed by atoms with Crippen LogP contribution < -0.4 is 5.32 Å². The largest absolute Gasteiger partial charge is 0.314 e.